The summed E-state index contributed by atoms with van der Waals surface area (Å²) in [5.74, 6) is 0.952. The zero-order chi connectivity index (χ0) is 16.2. The summed E-state index contributed by atoms with van der Waals surface area (Å²) in [7, 11) is -0.716. The quantitative estimate of drug-likeness (QED) is 0.848. The second kappa shape index (κ2) is 6.67. The molecule has 0 aliphatic rings. The SMILES string of the molecule is COc1ccc(NS(=O)(=O)c2ccc(CN)cc2)c(OC)c1. The van der Waals surface area contributed by atoms with Gasteiger partial charge in [-0.3, -0.25) is 4.72 Å². The van der Waals surface area contributed by atoms with Gasteiger partial charge in [-0.15, -0.1) is 0 Å². The third-order valence-electron chi connectivity index (χ3n) is 3.12. The molecule has 3 N–H and O–H groups in total. The number of hydrogen-bond acceptors (Lipinski definition) is 5. The number of nitrogens with one attached hydrogen (secondary N) is 1. The van der Waals surface area contributed by atoms with Crippen molar-refractivity contribution >= 4 is 15.7 Å². The van der Waals surface area contributed by atoms with Gasteiger partial charge in [0.15, 0.2) is 0 Å². The topological polar surface area (TPSA) is 90.7 Å². The molecule has 0 unspecified atom stereocenters. The van der Waals surface area contributed by atoms with Crippen LogP contribution in [0.4, 0.5) is 5.69 Å². The molecule has 0 bridgehead atoms. The minimum Gasteiger partial charge on any atom is -0.497 e. The van der Waals surface area contributed by atoms with Crippen LogP contribution in [0.3, 0.4) is 0 Å². The van der Waals surface area contributed by atoms with Crippen molar-refractivity contribution in [3.63, 3.8) is 0 Å². The van der Waals surface area contributed by atoms with Gasteiger partial charge in [0.05, 0.1) is 24.8 Å². The second-order valence-electron chi connectivity index (χ2n) is 4.52. The molecule has 0 fully saturated rings. The van der Waals surface area contributed by atoms with Crippen LogP contribution in [-0.4, -0.2) is 22.6 Å². The van der Waals surface area contributed by atoms with E-state index in [4.69, 9.17) is 15.2 Å². The van der Waals surface area contributed by atoms with Gasteiger partial charge in [-0.05, 0) is 29.8 Å². The van der Waals surface area contributed by atoms with E-state index in [2.05, 4.69) is 4.72 Å². The summed E-state index contributed by atoms with van der Waals surface area (Å²) in [6, 6.07) is 11.2. The first-order chi connectivity index (χ1) is 10.5. The lowest BCUT2D eigenvalue weighted by atomic mass is 10.2. The van der Waals surface area contributed by atoms with E-state index in [-0.39, 0.29) is 4.90 Å². The summed E-state index contributed by atoms with van der Waals surface area (Å²) in [5, 5.41) is 0. The maximum Gasteiger partial charge on any atom is 0.262 e. The molecule has 0 spiro atoms. The molecule has 2 rings (SSSR count). The molecule has 0 aliphatic carbocycles. The van der Waals surface area contributed by atoms with Crippen LogP contribution in [0, 0.1) is 0 Å². The molecule has 0 saturated carbocycles. The zero-order valence-corrected chi connectivity index (χ0v) is 13.2. The monoisotopic (exact) mass is 322 g/mol. The van der Waals surface area contributed by atoms with E-state index in [0.29, 0.717) is 23.7 Å². The molecule has 0 heterocycles. The number of rotatable bonds is 6. The van der Waals surface area contributed by atoms with Crippen LogP contribution in [0.5, 0.6) is 11.5 Å². The minimum absolute atomic E-state index is 0.155. The van der Waals surface area contributed by atoms with Gasteiger partial charge < -0.3 is 15.2 Å². The Hall–Kier alpha value is -2.25. The molecule has 2 aromatic carbocycles. The van der Waals surface area contributed by atoms with E-state index in [1.807, 2.05) is 0 Å². The Morgan fingerprint density at radius 1 is 1.05 bits per heavy atom. The van der Waals surface area contributed by atoms with E-state index >= 15 is 0 Å². The Balaban J connectivity index is 2.31. The summed E-state index contributed by atoms with van der Waals surface area (Å²) in [6.45, 7) is 0.361. The van der Waals surface area contributed by atoms with Crippen LogP contribution in [0.25, 0.3) is 0 Å². The van der Waals surface area contributed by atoms with E-state index < -0.39 is 10.0 Å². The number of sulfonamides is 1. The van der Waals surface area contributed by atoms with Gasteiger partial charge in [0.25, 0.3) is 10.0 Å². The fourth-order valence-corrected chi connectivity index (χ4v) is 2.96. The number of ether oxygens (including phenoxy) is 2. The number of benzene rings is 2. The molecule has 0 aromatic heterocycles. The van der Waals surface area contributed by atoms with Gasteiger partial charge in [-0.25, -0.2) is 8.42 Å². The number of anilines is 1. The lowest BCUT2D eigenvalue weighted by Gasteiger charge is -2.13. The predicted octanol–water partition coefficient (Wildman–Crippen LogP) is 1.96. The van der Waals surface area contributed by atoms with E-state index in [9.17, 15) is 8.42 Å². The Morgan fingerprint density at radius 2 is 1.73 bits per heavy atom. The maximum absolute atomic E-state index is 12.4. The summed E-state index contributed by atoms with van der Waals surface area (Å²) in [6.07, 6.45) is 0. The van der Waals surface area contributed by atoms with Crippen molar-refractivity contribution in [2.75, 3.05) is 18.9 Å². The average Bonchev–Trinajstić information content (AvgIpc) is 2.55. The van der Waals surface area contributed by atoms with Crippen molar-refractivity contribution in [2.24, 2.45) is 5.73 Å². The van der Waals surface area contributed by atoms with Crippen molar-refractivity contribution in [1.82, 2.24) is 0 Å². The molecule has 0 radical (unpaired) electrons. The standard InChI is InChI=1S/C15H18N2O4S/c1-20-12-5-8-14(15(9-12)21-2)17-22(18,19)13-6-3-11(10-16)4-7-13/h3-9,17H,10,16H2,1-2H3. The van der Waals surface area contributed by atoms with Crippen molar-refractivity contribution in [1.29, 1.82) is 0 Å². The molecule has 6 nitrogen and oxygen atoms in total. The van der Waals surface area contributed by atoms with Crippen LogP contribution in [0.15, 0.2) is 47.4 Å². The predicted molar refractivity (Wildman–Crippen MR) is 84.7 cm³/mol. The van der Waals surface area contributed by atoms with Crippen molar-refractivity contribution in [3.8, 4) is 11.5 Å². The molecule has 0 atom stereocenters. The van der Waals surface area contributed by atoms with E-state index in [1.54, 1.807) is 30.3 Å². The highest BCUT2D eigenvalue weighted by Crippen LogP contribution is 2.30. The van der Waals surface area contributed by atoms with E-state index in [0.717, 1.165) is 5.56 Å². The summed E-state index contributed by atoms with van der Waals surface area (Å²) in [5.41, 5.74) is 6.71. The fourth-order valence-electron chi connectivity index (χ4n) is 1.89. The van der Waals surface area contributed by atoms with Crippen LogP contribution in [0.1, 0.15) is 5.56 Å². The zero-order valence-electron chi connectivity index (χ0n) is 12.4. The number of hydrogen-bond donors (Lipinski definition) is 2. The molecule has 22 heavy (non-hydrogen) atoms. The van der Waals surface area contributed by atoms with Gasteiger partial charge in [-0.2, -0.15) is 0 Å². The normalized spacial score (nSPS) is 11.0. The Kier molecular flexibility index (Phi) is 4.89. The summed E-state index contributed by atoms with van der Waals surface area (Å²) < 4.78 is 37.6. The lowest BCUT2D eigenvalue weighted by Crippen LogP contribution is -2.13. The Labute approximate surface area is 129 Å². The lowest BCUT2D eigenvalue weighted by molar-refractivity contribution is 0.395. The first-order valence-corrected chi connectivity index (χ1v) is 8.02. The first-order valence-electron chi connectivity index (χ1n) is 6.54. The third-order valence-corrected chi connectivity index (χ3v) is 4.50. The van der Waals surface area contributed by atoms with E-state index in [1.165, 1.54) is 26.4 Å². The van der Waals surface area contributed by atoms with Gasteiger partial charge in [0.1, 0.15) is 11.5 Å². The van der Waals surface area contributed by atoms with Gasteiger partial charge in [0.2, 0.25) is 0 Å². The third kappa shape index (κ3) is 3.49. The minimum atomic E-state index is -3.70. The first kappa shape index (κ1) is 16.1. The highest BCUT2D eigenvalue weighted by atomic mass is 32.2. The van der Waals surface area contributed by atoms with Crippen LogP contribution in [0.2, 0.25) is 0 Å². The highest BCUT2D eigenvalue weighted by molar-refractivity contribution is 7.92. The second-order valence-corrected chi connectivity index (χ2v) is 6.20. The Bertz CT molecular complexity index is 743. The molecule has 118 valence electrons. The van der Waals surface area contributed by atoms with Crippen molar-refractivity contribution in [3.05, 3.63) is 48.0 Å². The van der Waals surface area contributed by atoms with Gasteiger partial charge >= 0.3 is 0 Å². The van der Waals surface area contributed by atoms with Crippen molar-refractivity contribution in [2.45, 2.75) is 11.4 Å². The summed E-state index contributed by atoms with van der Waals surface area (Å²) in [4.78, 5) is 0.155. The van der Waals surface area contributed by atoms with Crippen molar-refractivity contribution < 1.29 is 17.9 Å². The summed E-state index contributed by atoms with van der Waals surface area (Å²) >= 11 is 0. The molecular weight excluding hydrogens is 304 g/mol. The fraction of sp³-hybridized carbons (Fsp3) is 0.200. The smallest absolute Gasteiger partial charge is 0.262 e. The highest BCUT2D eigenvalue weighted by Gasteiger charge is 2.16. The number of methoxy groups -OCH3 is 2. The number of nitrogens with two attached hydrogens (primary N) is 1. The largest absolute Gasteiger partial charge is 0.497 e. The molecule has 2 aromatic rings. The van der Waals surface area contributed by atoms with Gasteiger partial charge in [0, 0.05) is 12.6 Å². The average molecular weight is 322 g/mol. The molecule has 0 saturated heterocycles. The van der Waals surface area contributed by atoms with Crippen LogP contribution < -0.4 is 19.9 Å². The van der Waals surface area contributed by atoms with Crippen LogP contribution >= 0.6 is 0 Å². The molecule has 0 aliphatic heterocycles. The Morgan fingerprint density at radius 3 is 2.27 bits per heavy atom. The molecular formula is C15H18N2O4S. The van der Waals surface area contributed by atoms with Gasteiger partial charge in [-0.1, -0.05) is 12.1 Å². The molecule has 7 heteroatoms. The van der Waals surface area contributed by atoms with Crippen LogP contribution in [-0.2, 0) is 16.6 Å². The molecule has 0 amide bonds. The maximum atomic E-state index is 12.4.